The summed E-state index contributed by atoms with van der Waals surface area (Å²) in [6, 6.07) is -0.454. The zero-order valence-corrected chi connectivity index (χ0v) is 13.2. The monoisotopic (exact) mass is 299 g/mol. The fourth-order valence-electron chi connectivity index (χ4n) is 1.68. The molecule has 6 nitrogen and oxygen atoms in total. The molecule has 112 valence electrons. The molecular formula is C13H21N3O3S. The van der Waals surface area contributed by atoms with E-state index in [0.29, 0.717) is 11.7 Å². The standard InChI is InChI=1S/C13H21N3O3S/c1-6-16(13(4,5)10(17)18)12(19)15-11-14-9(7-20-11)8(2)3/h7-8H,6H2,1-5H3,(H,17,18)(H,14,15,19). The maximum Gasteiger partial charge on any atom is 0.329 e. The predicted molar refractivity (Wildman–Crippen MR) is 79.3 cm³/mol. The molecule has 20 heavy (non-hydrogen) atoms. The number of hydrogen-bond acceptors (Lipinski definition) is 4. The number of nitrogens with one attached hydrogen (secondary N) is 1. The molecular weight excluding hydrogens is 278 g/mol. The lowest BCUT2D eigenvalue weighted by Gasteiger charge is -2.33. The maximum absolute atomic E-state index is 12.2. The minimum absolute atomic E-state index is 0.287. The molecule has 1 heterocycles. The number of carbonyl (C=O) groups is 2. The number of urea groups is 1. The number of carbonyl (C=O) groups excluding carboxylic acids is 1. The summed E-state index contributed by atoms with van der Waals surface area (Å²) < 4.78 is 0. The lowest BCUT2D eigenvalue weighted by Crippen LogP contribution is -2.54. The molecule has 1 aromatic rings. The van der Waals surface area contributed by atoms with E-state index in [1.165, 1.54) is 30.1 Å². The topological polar surface area (TPSA) is 82.5 Å². The van der Waals surface area contributed by atoms with Gasteiger partial charge in [-0.2, -0.15) is 0 Å². The Hall–Kier alpha value is -1.63. The van der Waals surface area contributed by atoms with Crippen molar-refractivity contribution < 1.29 is 14.7 Å². The second kappa shape index (κ2) is 6.21. The summed E-state index contributed by atoms with van der Waals surface area (Å²) in [6.07, 6.45) is 0. The number of likely N-dealkylation sites (N-methyl/N-ethyl adjacent to an activating group) is 1. The minimum atomic E-state index is -1.27. The Morgan fingerprint density at radius 2 is 2.10 bits per heavy atom. The van der Waals surface area contributed by atoms with Gasteiger partial charge in [0.15, 0.2) is 5.13 Å². The number of carboxylic acids is 1. The quantitative estimate of drug-likeness (QED) is 0.875. The average molecular weight is 299 g/mol. The Bertz CT molecular complexity index is 497. The summed E-state index contributed by atoms with van der Waals surface area (Å²) in [5, 5.41) is 14.2. The Kier molecular flexibility index (Phi) is 5.10. The molecule has 0 aliphatic carbocycles. The number of nitrogens with zero attached hydrogens (tertiary/aromatic N) is 2. The van der Waals surface area contributed by atoms with Crippen molar-refractivity contribution in [2.24, 2.45) is 0 Å². The Morgan fingerprint density at radius 3 is 2.50 bits per heavy atom. The molecule has 0 saturated heterocycles. The fraction of sp³-hybridized carbons (Fsp3) is 0.615. The number of hydrogen-bond donors (Lipinski definition) is 2. The molecule has 0 aliphatic rings. The minimum Gasteiger partial charge on any atom is -0.480 e. The first-order chi connectivity index (χ1) is 9.20. The van der Waals surface area contributed by atoms with Crippen molar-refractivity contribution in [3.05, 3.63) is 11.1 Å². The lowest BCUT2D eigenvalue weighted by atomic mass is 10.0. The summed E-state index contributed by atoms with van der Waals surface area (Å²) >= 11 is 1.34. The third-order valence-corrected chi connectivity index (χ3v) is 3.86. The van der Waals surface area contributed by atoms with E-state index in [2.05, 4.69) is 10.3 Å². The highest BCUT2D eigenvalue weighted by atomic mass is 32.1. The summed E-state index contributed by atoms with van der Waals surface area (Å²) in [6.45, 7) is 9.08. The predicted octanol–water partition coefficient (Wildman–Crippen LogP) is 2.98. The summed E-state index contributed by atoms with van der Waals surface area (Å²) in [5.74, 6) is -0.758. The van der Waals surface area contributed by atoms with E-state index in [1.807, 2.05) is 19.2 Å². The van der Waals surface area contributed by atoms with E-state index in [9.17, 15) is 14.7 Å². The third kappa shape index (κ3) is 3.47. The van der Waals surface area contributed by atoms with Crippen molar-refractivity contribution in [1.82, 2.24) is 9.88 Å². The van der Waals surface area contributed by atoms with E-state index in [4.69, 9.17) is 0 Å². The van der Waals surface area contributed by atoms with Gasteiger partial charge in [0.25, 0.3) is 0 Å². The van der Waals surface area contributed by atoms with Crippen LogP contribution < -0.4 is 5.32 Å². The van der Waals surface area contributed by atoms with E-state index >= 15 is 0 Å². The molecule has 1 rings (SSSR count). The first kappa shape index (κ1) is 16.4. The largest absolute Gasteiger partial charge is 0.480 e. The molecule has 7 heteroatoms. The van der Waals surface area contributed by atoms with Crippen LogP contribution in [0.25, 0.3) is 0 Å². The SMILES string of the molecule is CCN(C(=O)Nc1nc(C(C)C)cs1)C(C)(C)C(=O)O. The van der Waals surface area contributed by atoms with Crippen molar-refractivity contribution in [2.45, 2.75) is 46.1 Å². The molecule has 0 spiro atoms. The fourth-order valence-corrected chi connectivity index (χ4v) is 2.54. The second-order valence-corrected chi connectivity index (χ2v) is 6.13. The maximum atomic E-state index is 12.2. The van der Waals surface area contributed by atoms with Crippen LogP contribution >= 0.6 is 11.3 Å². The molecule has 0 saturated carbocycles. The summed E-state index contributed by atoms with van der Waals surface area (Å²) in [7, 11) is 0. The van der Waals surface area contributed by atoms with Crippen molar-refractivity contribution in [3.8, 4) is 0 Å². The Balaban J connectivity index is 2.85. The van der Waals surface area contributed by atoms with Gasteiger partial charge in [-0.15, -0.1) is 11.3 Å². The highest BCUT2D eigenvalue weighted by molar-refractivity contribution is 7.13. The summed E-state index contributed by atoms with van der Waals surface area (Å²) in [4.78, 5) is 29.0. The zero-order valence-electron chi connectivity index (χ0n) is 12.4. The number of rotatable bonds is 5. The molecule has 2 amide bonds. The molecule has 2 N–H and O–H groups in total. The molecule has 0 bridgehead atoms. The molecule has 0 aromatic carbocycles. The zero-order chi connectivity index (χ0) is 15.5. The smallest absolute Gasteiger partial charge is 0.329 e. The van der Waals surface area contributed by atoms with Gasteiger partial charge in [0, 0.05) is 11.9 Å². The number of amides is 2. The normalized spacial score (nSPS) is 11.5. The van der Waals surface area contributed by atoms with Gasteiger partial charge in [-0.05, 0) is 26.7 Å². The van der Waals surface area contributed by atoms with E-state index in [0.717, 1.165) is 5.69 Å². The number of anilines is 1. The average Bonchev–Trinajstić information content (AvgIpc) is 2.77. The molecule has 0 fully saturated rings. The van der Waals surface area contributed by atoms with Crippen LogP contribution in [-0.4, -0.2) is 39.1 Å². The van der Waals surface area contributed by atoms with Gasteiger partial charge in [0.1, 0.15) is 5.54 Å². The van der Waals surface area contributed by atoms with Gasteiger partial charge in [-0.25, -0.2) is 14.6 Å². The highest BCUT2D eigenvalue weighted by Crippen LogP contribution is 2.23. The van der Waals surface area contributed by atoms with Crippen LogP contribution in [-0.2, 0) is 4.79 Å². The van der Waals surface area contributed by atoms with Gasteiger partial charge >= 0.3 is 12.0 Å². The van der Waals surface area contributed by atoms with Crippen LogP contribution in [0.3, 0.4) is 0 Å². The van der Waals surface area contributed by atoms with Gasteiger partial charge < -0.3 is 10.0 Å². The van der Waals surface area contributed by atoms with Crippen LogP contribution in [0.1, 0.15) is 46.2 Å². The van der Waals surface area contributed by atoms with Crippen LogP contribution in [0, 0.1) is 0 Å². The van der Waals surface area contributed by atoms with Crippen molar-refractivity contribution >= 4 is 28.5 Å². The molecule has 0 aliphatic heterocycles. The number of aromatic nitrogens is 1. The van der Waals surface area contributed by atoms with Crippen molar-refractivity contribution in [2.75, 3.05) is 11.9 Å². The van der Waals surface area contributed by atoms with Gasteiger partial charge in [-0.1, -0.05) is 13.8 Å². The van der Waals surface area contributed by atoms with Crippen LogP contribution in [0.5, 0.6) is 0 Å². The van der Waals surface area contributed by atoms with Crippen molar-refractivity contribution in [3.63, 3.8) is 0 Å². The lowest BCUT2D eigenvalue weighted by molar-refractivity contribution is -0.147. The first-order valence-electron chi connectivity index (χ1n) is 6.47. The molecule has 0 unspecified atom stereocenters. The first-order valence-corrected chi connectivity index (χ1v) is 7.35. The molecule has 1 aromatic heterocycles. The van der Waals surface area contributed by atoms with Crippen LogP contribution in [0.15, 0.2) is 5.38 Å². The molecule has 0 radical (unpaired) electrons. The van der Waals surface area contributed by atoms with E-state index in [-0.39, 0.29) is 5.92 Å². The van der Waals surface area contributed by atoms with E-state index < -0.39 is 17.5 Å². The van der Waals surface area contributed by atoms with Crippen LogP contribution in [0.4, 0.5) is 9.93 Å². The number of aliphatic carboxylic acids is 1. The number of thiazole rings is 1. The molecule has 0 atom stereocenters. The van der Waals surface area contributed by atoms with Gasteiger partial charge in [0.05, 0.1) is 5.69 Å². The van der Waals surface area contributed by atoms with Gasteiger partial charge in [-0.3, -0.25) is 5.32 Å². The third-order valence-electron chi connectivity index (χ3n) is 3.09. The van der Waals surface area contributed by atoms with Crippen molar-refractivity contribution in [1.29, 1.82) is 0 Å². The number of carboxylic acid groups (broad SMARTS) is 1. The Morgan fingerprint density at radius 1 is 1.50 bits per heavy atom. The second-order valence-electron chi connectivity index (χ2n) is 5.27. The Labute approximate surface area is 122 Å². The van der Waals surface area contributed by atoms with Gasteiger partial charge in [0.2, 0.25) is 0 Å². The van der Waals surface area contributed by atoms with E-state index in [1.54, 1.807) is 6.92 Å². The summed E-state index contributed by atoms with van der Waals surface area (Å²) in [5.41, 5.74) is -0.359. The van der Waals surface area contributed by atoms with Crippen LogP contribution in [0.2, 0.25) is 0 Å². The highest BCUT2D eigenvalue weighted by Gasteiger charge is 2.37.